The molecule has 0 radical (unpaired) electrons. The quantitative estimate of drug-likeness (QED) is 0.473. The second-order valence-corrected chi connectivity index (χ2v) is 4.81. The summed E-state index contributed by atoms with van der Waals surface area (Å²) in [4.78, 5) is 28.1. The van der Waals surface area contributed by atoms with Crippen LogP contribution in [0.1, 0.15) is 37.0 Å². The Morgan fingerprint density at radius 2 is 2.14 bits per heavy atom. The van der Waals surface area contributed by atoms with Crippen LogP contribution in [0.25, 0.3) is 0 Å². The largest absolute Gasteiger partial charge is 0.395 e. The molecule has 116 valence electrons. The van der Waals surface area contributed by atoms with Crippen molar-refractivity contribution in [2.45, 2.75) is 32.7 Å². The van der Waals surface area contributed by atoms with E-state index in [4.69, 9.17) is 16.7 Å². The molecule has 0 aliphatic heterocycles. The van der Waals surface area contributed by atoms with Gasteiger partial charge in [-0.2, -0.15) is 0 Å². The Morgan fingerprint density at radius 1 is 1.52 bits per heavy atom. The fraction of sp³-hybridized carbons (Fsp3) is 0.538. The lowest BCUT2D eigenvalue weighted by molar-refractivity contribution is -0.385. The Balaban J connectivity index is 3.27. The smallest absolute Gasteiger partial charge is 0.319 e. The van der Waals surface area contributed by atoms with Gasteiger partial charge < -0.3 is 10.0 Å². The number of rotatable bonds is 7. The third-order valence-corrected chi connectivity index (χ3v) is 3.55. The maximum Gasteiger partial charge on any atom is 0.319 e. The molecular formula is C13H18ClN3O4. The van der Waals surface area contributed by atoms with Crippen molar-refractivity contribution in [2.24, 2.45) is 0 Å². The highest BCUT2D eigenvalue weighted by molar-refractivity contribution is 6.32. The summed E-state index contributed by atoms with van der Waals surface area (Å²) in [6.07, 6.45) is 2.64. The molecule has 0 saturated carbocycles. The number of carbonyl (C=O) groups excluding carboxylic acids is 1. The van der Waals surface area contributed by atoms with Crippen molar-refractivity contribution in [2.75, 3.05) is 13.2 Å². The van der Waals surface area contributed by atoms with Gasteiger partial charge in [0.25, 0.3) is 5.91 Å². The highest BCUT2D eigenvalue weighted by Crippen LogP contribution is 2.28. The average Bonchev–Trinajstić information content (AvgIpc) is 2.46. The van der Waals surface area contributed by atoms with Gasteiger partial charge in [0.05, 0.1) is 11.5 Å². The van der Waals surface area contributed by atoms with Crippen LogP contribution in [0.15, 0.2) is 12.3 Å². The lowest BCUT2D eigenvalue weighted by Gasteiger charge is -2.30. The first-order chi connectivity index (χ1) is 9.97. The molecule has 0 aliphatic rings. The van der Waals surface area contributed by atoms with E-state index in [-0.39, 0.29) is 29.9 Å². The maximum atomic E-state index is 12.6. The zero-order valence-electron chi connectivity index (χ0n) is 12.0. The standard InChI is InChI=1S/C13H18ClN3O4/c1-3-9(4-2)16(7-8-18)13(19)10-5-6-15-12(14)11(10)17(20)21/h5-6,9,18H,3-4,7-8H2,1-2H3. The molecular weight excluding hydrogens is 298 g/mol. The van der Waals surface area contributed by atoms with Gasteiger partial charge in [0.15, 0.2) is 0 Å². The van der Waals surface area contributed by atoms with Crippen LogP contribution in [0, 0.1) is 10.1 Å². The van der Waals surface area contributed by atoms with Gasteiger partial charge >= 0.3 is 5.69 Å². The molecule has 0 bridgehead atoms. The number of aromatic nitrogens is 1. The Hall–Kier alpha value is -1.73. The number of halogens is 1. The molecule has 0 saturated heterocycles. The van der Waals surface area contributed by atoms with Gasteiger partial charge in [0, 0.05) is 18.8 Å². The van der Waals surface area contributed by atoms with Crippen LogP contribution in [0.2, 0.25) is 5.15 Å². The molecule has 1 aromatic heterocycles. The molecule has 1 N–H and O–H groups in total. The minimum atomic E-state index is -0.716. The molecule has 0 aliphatic carbocycles. The van der Waals surface area contributed by atoms with E-state index in [9.17, 15) is 14.9 Å². The van der Waals surface area contributed by atoms with E-state index >= 15 is 0 Å². The summed E-state index contributed by atoms with van der Waals surface area (Å²) < 4.78 is 0. The molecule has 0 fully saturated rings. The molecule has 0 spiro atoms. The lowest BCUT2D eigenvalue weighted by Crippen LogP contribution is -2.41. The van der Waals surface area contributed by atoms with Crippen LogP contribution in [0.4, 0.5) is 5.69 Å². The van der Waals surface area contributed by atoms with Crippen molar-refractivity contribution in [3.8, 4) is 0 Å². The summed E-state index contributed by atoms with van der Waals surface area (Å²) in [5, 5.41) is 19.9. The number of hydrogen-bond acceptors (Lipinski definition) is 5. The van der Waals surface area contributed by atoms with Crippen molar-refractivity contribution in [1.29, 1.82) is 0 Å². The SMILES string of the molecule is CCC(CC)N(CCO)C(=O)c1ccnc(Cl)c1[N+](=O)[O-]. The van der Waals surface area contributed by atoms with E-state index in [2.05, 4.69) is 4.98 Å². The topological polar surface area (TPSA) is 96.6 Å². The van der Waals surface area contributed by atoms with Crippen molar-refractivity contribution in [3.63, 3.8) is 0 Å². The third kappa shape index (κ3) is 3.89. The lowest BCUT2D eigenvalue weighted by atomic mass is 10.1. The molecule has 7 nitrogen and oxygen atoms in total. The van der Waals surface area contributed by atoms with E-state index < -0.39 is 16.5 Å². The van der Waals surface area contributed by atoms with Crippen LogP contribution in [0.3, 0.4) is 0 Å². The third-order valence-electron chi connectivity index (χ3n) is 3.28. The maximum absolute atomic E-state index is 12.6. The molecule has 0 atom stereocenters. The van der Waals surface area contributed by atoms with Crippen LogP contribution >= 0.6 is 11.6 Å². The van der Waals surface area contributed by atoms with Gasteiger partial charge in [-0.05, 0) is 18.9 Å². The van der Waals surface area contributed by atoms with Gasteiger partial charge in [0.1, 0.15) is 5.56 Å². The second-order valence-electron chi connectivity index (χ2n) is 4.45. The molecule has 1 amide bonds. The van der Waals surface area contributed by atoms with Crippen molar-refractivity contribution < 1.29 is 14.8 Å². The first-order valence-corrected chi connectivity index (χ1v) is 7.06. The predicted molar refractivity (Wildman–Crippen MR) is 78.4 cm³/mol. The summed E-state index contributed by atoms with van der Waals surface area (Å²) in [6.45, 7) is 3.73. The number of aliphatic hydroxyl groups is 1. The first-order valence-electron chi connectivity index (χ1n) is 6.68. The summed E-state index contributed by atoms with van der Waals surface area (Å²) in [6, 6.07) is 1.18. The summed E-state index contributed by atoms with van der Waals surface area (Å²) in [5.41, 5.74) is -0.613. The number of hydrogen-bond donors (Lipinski definition) is 1. The zero-order chi connectivity index (χ0) is 16.0. The zero-order valence-corrected chi connectivity index (χ0v) is 12.7. The second kappa shape index (κ2) is 7.90. The number of pyridine rings is 1. The van der Waals surface area contributed by atoms with Crippen LogP contribution < -0.4 is 0 Å². The van der Waals surface area contributed by atoms with E-state index in [0.717, 1.165) is 0 Å². The van der Waals surface area contributed by atoms with Crippen molar-refractivity contribution >= 4 is 23.2 Å². The number of nitro groups is 1. The van der Waals surface area contributed by atoms with E-state index in [1.165, 1.54) is 17.2 Å². The van der Waals surface area contributed by atoms with Crippen LogP contribution in [0.5, 0.6) is 0 Å². The number of aliphatic hydroxyl groups excluding tert-OH is 1. The number of nitrogens with zero attached hydrogens (tertiary/aromatic N) is 3. The fourth-order valence-electron chi connectivity index (χ4n) is 2.22. The highest BCUT2D eigenvalue weighted by atomic mass is 35.5. The Morgan fingerprint density at radius 3 is 2.62 bits per heavy atom. The van der Waals surface area contributed by atoms with E-state index in [0.29, 0.717) is 12.8 Å². The summed E-state index contributed by atoms with van der Waals surface area (Å²) >= 11 is 5.72. The predicted octanol–water partition coefficient (Wildman–Crippen LogP) is 2.27. The Bertz CT molecular complexity index is 520. The first kappa shape index (κ1) is 17.3. The van der Waals surface area contributed by atoms with Gasteiger partial charge in [0.2, 0.25) is 5.15 Å². The molecule has 1 heterocycles. The number of carbonyl (C=O) groups is 1. The molecule has 8 heteroatoms. The normalized spacial score (nSPS) is 10.7. The van der Waals surface area contributed by atoms with Gasteiger partial charge in [-0.3, -0.25) is 14.9 Å². The van der Waals surface area contributed by atoms with Gasteiger partial charge in [-0.25, -0.2) is 4.98 Å². The monoisotopic (exact) mass is 315 g/mol. The molecule has 21 heavy (non-hydrogen) atoms. The minimum absolute atomic E-state index is 0.101. The Labute approximate surface area is 127 Å². The number of amides is 1. The molecule has 1 rings (SSSR count). The van der Waals surface area contributed by atoms with E-state index in [1.54, 1.807) is 0 Å². The molecule has 0 unspecified atom stereocenters. The van der Waals surface area contributed by atoms with Gasteiger partial charge in [-0.1, -0.05) is 25.4 Å². The van der Waals surface area contributed by atoms with Crippen LogP contribution in [-0.4, -0.2) is 45.0 Å². The highest BCUT2D eigenvalue weighted by Gasteiger charge is 2.30. The Kier molecular flexibility index (Phi) is 6.51. The van der Waals surface area contributed by atoms with Crippen molar-refractivity contribution in [3.05, 3.63) is 33.1 Å². The van der Waals surface area contributed by atoms with Crippen LogP contribution in [-0.2, 0) is 0 Å². The molecule has 0 aromatic carbocycles. The van der Waals surface area contributed by atoms with Crippen molar-refractivity contribution in [1.82, 2.24) is 9.88 Å². The fourth-order valence-corrected chi connectivity index (χ4v) is 2.44. The summed E-state index contributed by atoms with van der Waals surface area (Å²) in [7, 11) is 0. The average molecular weight is 316 g/mol. The van der Waals surface area contributed by atoms with Gasteiger partial charge in [-0.15, -0.1) is 0 Å². The van der Waals surface area contributed by atoms with E-state index in [1.807, 2.05) is 13.8 Å². The molecule has 1 aromatic rings. The minimum Gasteiger partial charge on any atom is -0.395 e. The summed E-state index contributed by atoms with van der Waals surface area (Å²) in [5.74, 6) is -0.520.